The molecule has 0 unspecified atom stereocenters. The number of fused-ring (bicyclic) bond motifs is 1. The zero-order valence-corrected chi connectivity index (χ0v) is 22.1. The molecule has 182 valence electrons. The third-order valence-corrected chi connectivity index (χ3v) is 6.97. The molecular weight excluding hydrogens is 532 g/mol. The van der Waals surface area contributed by atoms with Gasteiger partial charge >= 0.3 is 5.97 Å². The van der Waals surface area contributed by atoms with Gasteiger partial charge in [0, 0.05) is 0 Å². The number of rotatable bonds is 6. The molecule has 1 aliphatic rings. The highest BCUT2D eigenvalue weighted by Gasteiger charge is 2.33. The van der Waals surface area contributed by atoms with Crippen LogP contribution in [0.4, 0.5) is 0 Å². The van der Waals surface area contributed by atoms with Gasteiger partial charge in [-0.2, -0.15) is 0 Å². The van der Waals surface area contributed by atoms with E-state index in [2.05, 4.69) is 20.9 Å². The molecule has 1 N–H and O–H groups in total. The van der Waals surface area contributed by atoms with E-state index >= 15 is 0 Å². The highest BCUT2D eigenvalue weighted by atomic mass is 79.9. The maximum absolute atomic E-state index is 13.6. The Morgan fingerprint density at radius 3 is 2.60 bits per heavy atom. The lowest BCUT2D eigenvalue weighted by atomic mass is 9.96. The van der Waals surface area contributed by atoms with Gasteiger partial charge in [-0.25, -0.2) is 9.79 Å². The number of phenols is 1. The first-order chi connectivity index (χ1) is 16.7. The average molecular weight is 557 g/mol. The van der Waals surface area contributed by atoms with Gasteiger partial charge in [0.1, 0.15) is 11.5 Å². The number of ether oxygens (including phenoxy) is 2. The van der Waals surface area contributed by atoms with Gasteiger partial charge in [-0.3, -0.25) is 9.36 Å². The summed E-state index contributed by atoms with van der Waals surface area (Å²) in [7, 11) is 0. The fourth-order valence-electron chi connectivity index (χ4n) is 3.87. The number of halogens is 1. The van der Waals surface area contributed by atoms with E-state index < -0.39 is 12.0 Å². The van der Waals surface area contributed by atoms with E-state index in [1.165, 1.54) is 11.3 Å². The van der Waals surface area contributed by atoms with Crippen molar-refractivity contribution in [2.45, 2.75) is 39.8 Å². The minimum Gasteiger partial charge on any atom is -0.507 e. The predicted octanol–water partition coefficient (Wildman–Crippen LogP) is 4.05. The number of aromatic hydroxyl groups is 1. The van der Waals surface area contributed by atoms with E-state index in [1.54, 1.807) is 42.7 Å². The van der Waals surface area contributed by atoms with Gasteiger partial charge in [-0.15, -0.1) is 0 Å². The monoisotopic (exact) mass is 556 g/mol. The van der Waals surface area contributed by atoms with Crippen molar-refractivity contribution in [3.05, 3.63) is 89.0 Å². The Morgan fingerprint density at radius 1 is 1.26 bits per heavy atom. The number of hydrogen-bond donors (Lipinski definition) is 1. The fourth-order valence-corrected chi connectivity index (χ4v) is 5.32. The number of carbonyl (C=O) groups excluding carboxylic acids is 1. The molecule has 0 fully saturated rings. The Bertz CT molecular complexity index is 1490. The van der Waals surface area contributed by atoms with Gasteiger partial charge < -0.3 is 14.6 Å². The van der Waals surface area contributed by atoms with Crippen LogP contribution in [-0.2, 0) is 9.53 Å². The molecule has 1 atom stereocenters. The maximum Gasteiger partial charge on any atom is 0.338 e. The second kappa shape index (κ2) is 10.2. The van der Waals surface area contributed by atoms with E-state index in [9.17, 15) is 14.7 Å². The largest absolute Gasteiger partial charge is 0.507 e. The summed E-state index contributed by atoms with van der Waals surface area (Å²) in [6.45, 7) is 7.60. The second-order valence-electron chi connectivity index (χ2n) is 8.25. The van der Waals surface area contributed by atoms with Crippen LogP contribution in [0.3, 0.4) is 0 Å². The molecule has 0 saturated carbocycles. The van der Waals surface area contributed by atoms with Crippen molar-refractivity contribution in [3.8, 4) is 11.5 Å². The molecule has 2 heterocycles. The molecule has 1 aliphatic heterocycles. The molecule has 7 nitrogen and oxygen atoms in total. The normalized spacial score (nSPS) is 15.7. The molecule has 4 rings (SSSR count). The van der Waals surface area contributed by atoms with Crippen LogP contribution in [0.25, 0.3) is 6.08 Å². The Labute approximate surface area is 214 Å². The van der Waals surface area contributed by atoms with Crippen LogP contribution in [0.15, 0.2) is 68.0 Å². The molecule has 3 aromatic rings. The Hall–Kier alpha value is -3.17. The smallest absolute Gasteiger partial charge is 0.338 e. The van der Waals surface area contributed by atoms with E-state index in [-0.39, 0.29) is 24.0 Å². The van der Waals surface area contributed by atoms with Crippen LogP contribution >= 0.6 is 27.3 Å². The van der Waals surface area contributed by atoms with Crippen molar-refractivity contribution in [2.75, 3.05) is 6.61 Å². The van der Waals surface area contributed by atoms with Gasteiger partial charge in [0.15, 0.2) is 4.80 Å². The van der Waals surface area contributed by atoms with Gasteiger partial charge in [0.25, 0.3) is 5.56 Å². The molecule has 2 aromatic carbocycles. The minimum atomic E-state index is -0.688. The Balaban J connectivity index is 1.89. The predicted molar refractivity (Wildman–Crippen MR) is 138 cm³/mol. The third kappa shape index (κ3) is 5.11. The molecule has 1 aromatic heterocycles. The maximum atomic E-state index is 13.6. The summed E-state index contributed by atoms with van der Waals surface area (Å²) in [5, 5.41) is 9.78. The van der Waals surface area contributed by atoms with Crippen LogP contribution in [0.2, 0.25) is 0 Å². The third-order valence-electron chi connectivity index (χ3n) is 5.35. The summed E-state index contributed by atoms with van der Waals surface area (Å²) < 4.78 is 13.6. The van der Waals surface area contributed by atoms with E-state index in [1.807, 2.05) is 38.1 Å². The Kier molecular flexibility index (Phi) is 7.28. The molecule has 0 radical (unpaired) electrons. The SMILES string of the molecule is CCOC(=O)C1=C(C)N=c2s/c(=C/c3ccc(O)c(Br)c3)c(=O)n2[C@@H]1c1ccc(OC(C)C)cc1. The molecule has 9 heteroatoms. The van der Waals surface area contributed by atoms with Crippen molar-refractivity contribution < 1.29 is 19.4 Å². The summed E-state index contributed by atoms with van der Waals surface area (Å²) in [4.78, 5) is 31.7. The number of phenolic OH excluding ortho intramolecular Hbond substituents is 1. The van der Waals surface area contributed by atoms with E-state index in [4.69, 9.17) is 9.47 Å². The number of esters is 1. The van der Waals surface area contributed by atoms with E-state index in [0.29, 0.717) is 30.8 Å². The number of thiazole rings is 1. The van der Waals surface area contributed by atoms with Crippen LogP contribution in [0, 0.1) is 0 Å². The second-order valence-corrected chi connectivity index (χ2v) is 10.1. The van der Waals surface area contributed by atoms with Crippen molar-refractivity contribution in [3.63, 3.8) is 0 Å². The highest BCUT2D eigenvalue weighted by Crippen LogP contribution is 2.32. The van der Waals surface area contributed by atoms with Crippen LogP contribution < -0.4 is 19.6 Å². The van der Waals surface area contributed by atoms with E-state index in [0.717, 1.165) is 11.1 Å². The molecule has 0 saturated heterocycles. The van der Waals surface area contributed by atoms with Gasteiger partial charge in [-0.1, -0.05) is 29.5 Å². The number of benzene rings is 2. The standard InChI is InChI=1S/C26H25BrN2O5S/c1-5-33-25(32)22-15(4)28-26-29(23(22)17-7-9-18(10-8-17)34-14(2)3)24(31)21(35-26)13-16-6-11-20(30)19(27)12-16/h6-14,23,30H,5H2,1-4H3/b21-13+/t23-/m1/s1. The zero-order chi connectivity index (χ0) is 25.3. The first-order valence-corrected chi connectivity index (χ1v) is 12.7. The topological polar surface area (TPSA) is 90.1 Å². The van der Waals surface area contributed by atoms with Crippen molar-refractivity contribution in [1.82, 2.24) is 4.57 Å². The minimum absolute atomic E-state index is 0.0238. The van der Waals surface area contributed by atoms with Crippen LogP contribution in [-0.4, -0.2) is 28.4 Å². The van der Waals surface area contributed by atoms with Crippen molar-refractivity contribution >= 4 is 39.3 Å². The Morgan fingerprint density at radius 2 is 1.97 bits per heavy atom. The van der Waals surface area contributed by atoms with Crippen LogP contribution in [0.1, 0.15) is 44.9 Å². The van der Waals surface area contributed by atoms with Gasteiger partial charge in [0.2, 0.25) is 0 Å². The highest BCUT2D eigenvalue weighted by molar-refractivity contribution is 9.10. The lowest BCUT2D eigenvalue weighted by Crippen LogP contribution is -2.39. The fraction of sp³-hybridized carbons (Fsp3) is 0.269. The number of allylic oxidation sites excluding steroid dienone is 1. The number of hydrogen-bond acceptors (Lipinski definition) is 7. The van der Waals surface area contributed by atoms with Gasteiger partial charge in [-0.05, 0) is 85.1 Å². The first kappa shape index (κ1) is 24.9. The number of nitrogens with zero attached hydrogens (tertiary/aromatic N) is 2. The summed E-state index contributed by atoms with van der Waals surface area (Å²) >= 11 is 4.55. The summed E-state index contributed by atoms with van der Waals surface area (Å²) in [5.74, 6) is 0.314. The molecule has 0 bridgehead atoms. The number of aromatic nitrogens is 1. The molecular formula is C26H25BrN2O5S. The molecule has 0 amide bonds. The number of carbonyl (C=O) groups is 1. The summed E-state index contributed by atoms with van der Waals surface area (Å²) in [6.07, 6.45) is 1.77. The van der Waals surface area contributed by atoms with Crippen LogP contribution in [0.5, 0.6) is 11.5 Å². The quantitative estimate of drug-likeness (QED) is 0.462. The average Bonchev–Trinajstić information content (AvgIpc) is 3.10. The molecule has 0 aliphatic carbocycles. The molecule has 35 heavy (non-hydrogen) atoms. The summed E-state index contributed by atoms with van der Waals surface area (Å²) in [5.41, 5.74) is 2.07. The lowest BCUT2D eigenvalue weighted by molar-refractivity contribution is -0.139. The van der Waals surface area contributed by atoms with Crippen molar-refractivity contribution in [1.29, 1.82) is 0 Å². The molecule has 0 spiro atoms. The van der Waals surface area contributed by atoms with Gasteiger partial charge in [0.05, 0.1) is 39.0 Å². The zero-order valence-electron chi connectivity index (χ0n) is 19.7. The van der Waals surface area contributed by atoms with Crippen molar-refractivity contribution in [2.24, 2.45) is 4.99 Å². The lowest BCUT2D eigenvalue weighted by Gasteiger charge is -2.25. The first-order valence-electron chi connectivity index (χ1n) is 11.1. The summed E-state index contributed by atoms with van der Waals surface area (Å²) in [6, 6.07) is 11.7.